The van der Waals surface area contributed by atoms with Gasteiger partial charge in [0.25, 0.3) is 5.91 Å². The highest BCUT2D eigenvalue weighted by Crippen LogP contribution is 2.09. The highest BCUT2D eigenvalue weighted by atomic mass is 16.1. The minimum absolute atomic E-state index is 0.121. The topological polar surface area (TPSA) is 79.8 Å². The van der Waals surface area contributed by atoms with Gasteiger partial charge in [-0.15, -0.1) is 0 Å². The Kier molecular flexibility index (Phi) is 4.47. The predicted molar refractivity (Wildman–Crippen MR) is 80.8 cm³/mol. The van der Waals surface area contributed by atoms with Gasteiger partial charge in [0, 0.05) is 36.9 Å². The SMILES string of the molecule is CC(C)(C)Nc1ncc(C(=O)NCc2cccnc2)cn1. The summed E-state index contributed by atoms with van der Waals surface area (Å²) < 4.78 is 0. The number of nitrogens with one attached hydrogen (secondary N) is 2. The fourth-order valence-electron chi connectivity index (χ4n) is 1.63. The number of anilines is 1. The van der Waals surface area contributed by atoms with Crippen LogP contribution in [0.3, 0.4) is 0 Å². The summed E-state index contributed by atoms with van der Waals surface area (Å²) in [6.45, 7) is 6.48. The van der Waals surface area contributed by atoms with Gasteiger partial charge in [-0.05, 0) is 32.4 Å². The minimum Gasteiger partial charge on any atom is -0.350 e. The van der Waals surface area contributed by atoms with Gasteiger partial charge in [-0.25, -0.2) is 9.97 Å². The van der Waals surface area contributed by atoms with E-state index >= 15 is 0 Å². The van der Waals surface area contributed by atoms with Crippen molar-refractivity contribution >= 4 is 11.9 Å². The first kappa shape index (κ1) is 14.9. The first-order valence-corrected chi connectivity index (χ1v) is 6.71. The molecule has 2 aromatic heterocycles. The lowest BCUT2D eigenvalue weighted by Gasteiger charge is -2.20. The van der Waals surface area contributed by atoms with E-state index in [-0.39, 0.29) is 11.4 Å². The van der Waals surface area contributed by atoms with Crippen molar-refractivity contribution in [1.29, 1.82) is 0 Å². The average Bonchev–Trinajstić information content (AvgIpc) is 2.45. The van der Waals surface area contributed by atoms with E-state index < -0.39 is 0 Å². The van der Waals surface area contributed by atoms with E-state index in [1.54, 1.807) is 12.4 Å². The largest absolute Gasteiger partial charge is 0.350 e. The number of pyridine rings is 1. The van der Waals surface area contributed by atoms with Crippen molar-refractivity contribution in [3.8, 4) is 0 Å². The highest BCUT2D eigenvalue weighted by molar-refractivity contribution is 5.93. The van der Waals surface area contributed by atoms with Gasteiger partial charge < -0.3 is 10.6 Å². The molecule has 0 radical (unpaired) electrons. The number of rotatable bonds is 4. The molecule has 0 saturated carbocycles. The third-order valence-corrected chi connectivity index (χ3v) is 2.58. The average molecular weight is 285 g/mol. The number of aromatic nitrogens is 3. The molecule has 0 bridgehead atoms. The summed E-state index contributed by atoms with van der Waals surface area (Å²) in [5, 5.41) is 5.95. The lowest BCUT2D eigenvalue weighted by Crippen LogP contribution is -2.28. The van der Waals surface area contributed by atoms with Crippen LogP contribution in [0.1, 0.15) is 36.7 Å². The molecule has 0 aliphatic heterocycles. The predicted octanol–water partition coefficient (Wildman–Crippen LogP) is 2.01. The van der Waals surface area contributed by atoms with E-state index in [2.05, 4.69) is 25.6 Å². The second-order valence-electron chi connectivity index (χ2n) is 5.71. The van der Waals surface area contributed by atoms with Crippen LogP contribution in [-0.2, 0) is 6.54 Å². The number of carbonyl (C=O) groups is 1. The van der Waals surface area contributed by atoms with Gasteiger partial charge in [0.05, 0.1) is 5.56 Å². The quantitative estimate of drug-likeness (QED) is 0.898. The van der Waals surface area contributed by atoms with E-state index in [1.807, 2.05) is 32.9 Å². The molecule has 2 N–H and O–H groups in total. The Bertz CT molecular complexity index is 590. The summed E-state index contributed by atoms with van der Waals surface area (Å²) in [7, 11) is 0. The molecule has 0 saturated heterocycles. The maximum absolute atomic E-state index is 12.0. The molecule has 0 aliphatic carbocycles. The number of carbonyl (C=O) groups excluding carboxylic acids is 1. The van der Waals surface area contributed by atoms with Crippen molar-refractivity contribution < 1.29 is 4.79 Å². The van der Waals surface area contributed by atoms with Gasteiger partial charge in [0.2, 0.25) is 5.95 Å². The maximum Gasteiger partial charge on any atom is 0.254 e. The third-order valence-electron chi connectivity index (χ3n) is 2.58. The van der Waals surface area contributed by atoms with Gasteiger partial charge in [-0.1, -0.05) is 6.07 Å². The van der Waals surface area contributed by atoms with Crippen LogP contribution in [0.15, 0.2) is 36.9 Å². The normalized spacial score (nSPS) is 11.0. The Morgan fingerprint density at radius 3 is 2.48 bits per heavy atom. The molecule has 110 valence electrons. The summed E-state index contributed by atoms with van der Waals surface area (Å²) in [5.41, 5.74) is 1.25. The zero-order valence-electron chi connectivity index (χ0n) is 12.4. The van der Waals surface area contributed by atoms with E-state index in [0.29, 0.717) is 18.1 Å². The van der Waals surface area contributed by atoms with E-state index in [1.165, 1.54) is 12.4 Å². The molecule has 0 unspecified atom stereocenters. The monoisotopic (exact) mass is 285 g/mol. The van der Waals surface area contributed by atoms with Crippen LogP contribution in [0, 0.1) is 0 Å². The van der Waals surface area contributed by atoms with Crippen molar-refractivity contribution in [1.82, 2.24) is 20.3 Å². The van der Waals surface area contributed by atoms with Gasteiger partial charge in [-0.2, -0.15) is 0 Å². The molecule has 1 amide bonds. The summed E-state index contributed by atoms with van der Waals surface area (Å²) in [4.78, 5) is 24.3. The van der Waals surface area contributed by atoms with Crippen molar-refractivity contribution in [2.75, 3.05) is 5.32 Å². The highest BCUT2D eigenvalue weighted by Gasteiger charge is 2.12. The molecule has 0 fully saturated rings. The lowest BCUT2D eigenvalue weighted by molar-refractivity contribution is 0.0950. The van der Waals surface area contributed by atoms with E-state index in [4.69, 9.17) is 0 Å². The van der Waals surface area contributed by atoms with Crippen LogP contribution < -0.4 is 10.6 Å². The molecule has 6 heteroatoms. The Morgan fingerprint density at radius 1 is 1.19 bits per heavy atom. The first-order valence-electron chi connectivity index (χ1n) is 6.71. The summed E-state index contributed by atoms with van der Waals surface area (Å²) in [6, 6.07) is 3.73. The van der Waals surface area contributed by atoms with E-state index in [0.717, 1.165) is 5.56 Å². The molecule has 0 aliphatic rings. The van der Waals surface area contributed by atoms with Crippen molar-refractivity contribution in [2.24, 2.45) is 0 Å². The Balaban J connectivity index is 1.94. The zero-order chi connectivity index (χ0) is 15.3. The van der Waals surface area contributed by atoms with Crippen molar-refractivity contribution in [3.05, 3.63) is 48.0 Å². The lowest BCUT2D eigenvalue weighted by atomic mass is 10.1. The minimum atomic E-state index is -0.207. The molecular formula is C15H19N5O. The molecule has 21 heavy (non-hydrogen) atoms. The molecule has 0 spiro atoms. The third kappa shape index (κ3) is 4.83. The molecule has 2 heterocycles. The zero-order valence-corrected chi connectivity index (χ0v) is 12.4. The second kappa shape index (κ2) is 6.30. The first-order chi connectivity index (χ1) is 9.94. The Labute approximate surface area is 124 Å². The molecule has 2 aromatic rings. The Hall–Kier alpha value is -2.50. The molecule has 0 atom stereocenters. The van der Waals surface area contributed by atoms with Crippen LogP contribution in [0.5, 0.6) is 0 Å². The standard InChI is InChI=1S/C15H19N5O/c1-15(2,3)20-14-18-9-12(10-19-14)13(21)17-8-11-5-4-6-16-7-11/h4-7,9-10H,8H2,1-3H3,(H,17,21)(H,18,19,20). The number of amides is 1. The van der Waals surface area contributed by atoms with Crippen LogP contribution >= 0.6 is 0 Å². The smallest absolute Gasteiger partial charge is 0.254 e. The van der Waals surface area contributed by atoms with Crippen LogP contribution in [0.25, 0.3) is 0 Å². The van der Waals surface area contributed by atoms with Gasteiger partial charge in [-0.3, -0.25) is 9.78 Å². The fraction of sp³-hybridized carbons (Fsp3) is 0.333. The van der Waals surface area contributed by atoms with Crippen molar-refractivity contribution in [2.45, 2.75) is 32.9 Å². The summed E-state index contributed by atoms with van der Waals surface area (Å²) in [6.07, 6.45) is 6.44. The van der Waals surface area contributed by atoms with Gasteiger partial charge in [0.1, 0.15) is 0 Å². The number of hydrogen-bond donors (Lipinski definition) is 2. The molecule has 2 rings (SSSR count). The number of nitrogens with zero attached hydrogens (tertiary/aromatic N) is 3. The van der Waals surface area contributed by atoms with Crippen LogP contribution in [-0.4, -0.2) is 26.4 Å². The van der Waals surface area contributed by atoms with E-state index in [9.17, 15) is 4.79 Å². The maximum atomic E-state index is 12.0. The summed E-state index contributed by atoms with van der Waals surface area (Å²) in [5.74, 6) is 0.299. The van der Waals surface area contributed by atoms with Crippen molar-refractivity contribution in [3.63, 3.8) is 0 Å². The van der Waals surface area contributed by atoms with Gasteiger partial charge >= 0.3 is 0 Å². The fourth-order valence-corrected chi connectivity index (χ4v) is 1.63. The summed E-state index contributed by atoms with van der Waals surface area (Å²) >= 11 is 0. The van der Waals surface area contributed by atoms with Crippen LogP contribution in [0.2, 0.25) is 0 Å². The molecule has 0 aromatic carbocycles. The van der Waals surface area contributed by atoms with Crippen LogP contribution in [0.4, 0.5) is 5.95 Å². The second-order valence-corrected chi connectivity index (χ2v) is 5.71. The number of hydrogen-bond acceptors (Lipinski definition) is 5. The Morgan fingerprint density at radius 2 is 1.90 bits per heavy atom. The van der Waals surface area contributed by atoms with Gasteiger partial charge in [0.15, 0.2) is 0 Å². The molecular weight excluding hydrogens is 266 g/mol. The molecule has 6 nitrogen and oxygen atoms in total.